The number of benzene rings is 1. The maximum Gasteiger partial charge on any atom is 0.278 e. The molecule has 1 aliphatic carbocycles. The van der Waals surface area contributed by atoms with Crippen molar-refractivity contribution in [3.8, 4) is 0 Å². The summed E-state index contributed by atoms with van der Waals surface area (Å²) >= 11 is 0. The Morgan fingerprint density at radius 2 is 2.08 bits per heavy atom. The Kier molecular flexibility index (Phi) is 4.55. The van der Waals surface area contributed by atoms with Crippen LogP contribution in [0.25, 0.3) is 0 Å². The van der Waals surface area contributed by atoms with Crippen LogP contribution >= 0.6 is 0 Å². The van der Waals surface area contributed by atoms with Gasteiger partial charge in [0.2, 0.25) is 0 Å². The molecule has 1 saturated heterocycles. The number of anilines is 1. The van der Waals surface area contributed by atoms with Crippen molar-refractivity contribution in [3.05, 3.63) is 40.7 Å². The van der Waals surface area contributed by atoms with Crippen LogP contribution in [-0.4, -0.2) is 39.8 Å². The highest BCUT2D eigenvalue weighted by molar-refractivity contribution is 6.05. The van der Waals surface area contributed by atoms with Gasteiger partial charge in [0.15, 0.2) is 11.5 Å². The van der Waals surface area contributed by atoms with Gasteiger partial charge in [0.05, 0.1) is 11.7 Å². The molecule has 0 atom stereocenters. The number of amides is 1. The topological polar surface area (TPSA) is 88.9 Å². The Balaban J connectivity index is 1.53. The van der Waals surface area contributed by atoms with Gasteiger partial charge < -0.3 is 10.6 Å². The van der Waals surface area contributed by atoms with Crippen LogP contribution in [0, 0.1) is 6.92 Å². The molecule has 0 radical (unpaired) electrons. The van der Waals surface area contributed by atoms with Crippen LogP contribution in [0.2, 0.25) is 0 Å². The van der Waals surface area contributed by atoms with E-state index in [0.717, 1.165) is 55.6 Å². The first-order chi connectivity index (χ1) is 12.6. The lowest BCUT2D eigenvalue weighted by atomic mass is 9.90. The number of fused-ring (bicyclic) bond motifs is 1. The summed E-state index contributed by atoms with van der Waals surface area (Å²) in [6, 6.07) is 5.84. The van der Waals surface area contributed by atoms with Crippen molar-refractivity contribution < 1.29 is 9.59 Å². The van der Waals surface area contributed by atoms with Crippen LogP contribution in [0.3, 0.4) is 0 Å². The van der Waals surface area contributed by atoms with E-state index in [0.29, 0.717) is 17.8 Å². The SMILES string of the molecule is Cc1c(C(=O)Nc2ccc3c(c2)C(=O)CCC3)nnn1C1CCNCC1. The van der Waals surface area contributed by atoms with Gasteiger partial charge in [-0.3, -0.25) is 9.59 Å². The molecule has 1 aromatic carbocycles. The monoisotopic (exact) mass is 353 g/mol. The van der Waals surface area contributed by atoms with Crippen LogP contribution in [0.5, 0.6) is 0 Å². The molecule has 0 saturated carbocycles. The zero-order chi connectivity index (χ0) is 18.1. The number of carbonyl (C=O) groups excluding carboxylic acids is 2. The van der Waals surface area contributed by atoms with Gasteiger partial charge in [-0.25, -0.2) is 4.68 Å². The maximum absolute atomic E-state index is 12.7. The van der Waals surface area contributed by atoms with E-state index in [1.807, 2.05) is 23.7 Å². The molecule has 1 aromatic heterocycles. The minimum absolute atomic E-state index is 0.149. The first-order valence-electron chi connectivity index (χ1n) is 9.23. The van der Waals surface area contributed by atoms with Gasteiger partial charge in [0, 0.05) is 17.7 Å². The minimum Gasteiger partial charge on any atom is -0.321 e. The molecule has 136 valence electrons. The van der Waals surface area contributed by atoms with Gasteiger partial charge in [-0.1, -0.05) is 11.3 Å². The molecule has 1 amide bonds. The number of hydrogen-bond acceptors (Lipinski definition) is 5. The second kappa shape index (κ2) is 6.99. The summed E-state index contributed by atoms with van der Waals surface area (Å²) < 4.78 is 1.87. The average Bonchev–Trinajstić information content (AvgIpc) is 3.05. The lowest BCUT2D eigenvalue weighted by molar-refractivity contribution is 0.0970. The molecule has 2 aliphatic rings. The van der Waals surface area contributed by atoms with Crippen LogP contribution < -0.4 is 10.6 Å². The van der Waals surface area contributed by atoms with Crippen molar-refractivity contribution in [2.24, 2.45) is 0 Å². The fraction of sp³-hybridized carbons (Fsp3) is 0.474. The molecule has 0 unspecified atom stereocenters. The quantitative estimate of drug-likeness (QED) is 0.884. The highest BCUT2D eigenvalue weighted by atomic mass is 16.2. The number of Topliss-reactive ketones (excluding diaryl/α,β-unsaturated/α-hetero) is 1. The Bertz CT molecular complexity index is 852. The van der Waals surface area contributed by atoms with Crippen LogP contribution in [0.1, 0.15) is 63.8 Å². The average molecular weight is 353 g/mol. The number of aromatic nitrogens is 3. The molecule has 0 bridgehead atoms. The van der Waals surface area contributed by atoms with Crippen molar-refractivity contribution in [1.29, 1.82) is 0 Å². The molecule has 2 aromatic rings. The predicted octanol–water partition coefficient (Wildman–Crippen LogP) is 2.28. The third kappa shape index (κ3) is 3.14. The Labute approximate surface area is 152 Å². The Morgan fingerprint density at radius 1 is 1.27 bits per heavy atom. The van der Waals surface area contributed by atoms with Crippen molar-refractivity contribution in [2.75, 3.05) is 18.4 Å². The molecular formula is C19H23N5O2. The fourth-order valence-corrected chi connectivity index (χ4v) is 3.84. The first kappa shape index (κ1) is 16.9. The van der Waals surface area contributed by atoms with E-state index in [4.69, 9.17) is 0 Å². The number of aryl methyl sites for hydroxylation is 1. The summed E-state index contributed by atoms with van der Waals surface area (Å²) in [6.07, 6.45) is 4.36. The maximum atomic E-state index is 12.7. The first-order valence-corrected chi connectivity index (χ1v) is 9.23. The van der Waals surface area contributed by atoms with Crippen LogP contribution in [0.15, 0.2) is 18.2 Å². The number of rotatable bonds is 3. The molecule has 2 heterocycles. The predicted molar refractivity (Wildman–Crippen MR) is 97.6 cm³/mol. The number of nitrogens with one attached hydrogen (secondary N) is 2. The van der Waals surface area contributed by atoms with Gasteiger partial charge in [-0.05, 0) is 63.4 Å². The summed E-state index contributed by atoms with van der Waals surface area (Å²) in [5.41, 5.74) is 3.53. The second-order valence-electron chi connectivity index (χ2n) is 7.05. The lowest BCUT2D eigenvalue weighted by Crippen LogP contribution is -2.30. The van der Waals surface area contributed by atoms with E-state index in [1.165, 1.54) is 0 Å². The summed E-state index contributed by atoms with van der Waals surface area (Å²) in [5.74, 6) is -0.138. The minimum atomic E-state index is -0.286. The second-order valence-corrected chi connectivity index (χ2v) is 7.05. The zero-order valence-electron chi connectivity index (χ0n) is 14.9. The van der Waals surface area contributed by atoms with Crippen molar-refractivity contribution >= 4 is 17.4 Å². The molecule has 7 nitrogen and oxygen atoms in total. The van der Waals surface area contributed by atoms with Gasteiger partial charge in [-0.2, -0.15) is 0 Å². The molecule has 7 heteroatoms. The standard InChI is InChI=1S/C19H23N5O2/c1-12-18(22-23-24(12)15-7-9-20-10-8-15)19(26)21-14-6-5-13-3-2-4-17(25)16(13)11-14/h5-6,11,15,20H,2-4,7-10H2,1H3,(H,21,26). The smallest absolute Gasteiger partial charge is 0.278 e. The summed E-state index contributed by atoms with van der Waals surface area (Å²) in [5, 5.41) is 14.5. The highest BCUT2D eigenvalue weighted by Gasteiger charge is 2.23. The highest BCUT2D eigenvalue weighted by Crippen LogP contribution is 2.25. The Hall–Kier alpha value is -2.54. The van der Waals surface area contributed by atoms with Crippen LogP contribution in [-0.2, 0) is 6.42 Å². The van der Waals surface area contributed by atoms with Gasteiger partial charge in [-0.15, -0.1) is 5.10 Å². The summed E-state index contributed by atoms with van der Waals surface area (Å²) in [4.78, 5) is 24.7. The van der Waals surface area contributed by atoms with Gasteiger partial charge >= 0.3 is 0 Å². The normalized spacial score (nSPS) is 17.8. The Morgan fingerprint density at radius 3 is 2.88 bits per heavy atom. The van der Waals surface area contributed by atoms with Crippen molar-refractivity contribution in [2.45, 2.75) is 45.1 Å². The molecular weight excluding hydrogens is 330 g/mol. The number of ketones is 1. The largest absolute Gasteiger partial charge is 0.321 e. The number of piperidine rings is 1. The molecule has 0 spiro atoms. The molecule has 1 fully saturated rings. The van der Waals surface area contributed by atoms with E-state index in [9.17, 15) is 9.59 Å². The van der Waals surface area contributed by atoms with Crippen molar-refractivity contribution in [1.82, 2.24) is 20.3 Å². The summed E-state index contributed by atoms with van der Waals surface area (Å²) in [7, 11) is 0. The molecule has 2 N–H and O–H groups in total. The zero-order valence-corrected chi connectivity index (χ0v) is 14.9. The van der Waals surface area contributed by atoms with Gasteiger partial charge in [0.1, 0.15) is 0 Å². The third-order valence-electron chi connectivity index (χ3n) is 5.32. The summed E-state index contributed by atoms with van der Waals surface area (Å²) in [6.45, 7) is 3.79. The molecule has 4 rings (SSSR count). The number of hydrogen-bond donors (Lipinski definition) is 2. The van der Waals surface area contributed by atoms with E-state index >= 15 is 0 Å². The van der Waals surface area contributed by atoms with Crippen molar-refractivity contribution in [3.63, 3.8) is 0 Å². The third-order valence-corrected chi connectivity index (χ3v) is 5.32. The number of nitrogens with zero attached hydrogens (tertiary/aromatic N) is 3. The molecule has 1 aliphatic heterocycles. The van der Waals surface area contributed by atoms with E-state index in [1.54, 1.807) is 6.07 Å². The fourth-order valence-electron chi connectivity index (χ4n) is 3.84. The van der Waals surface area contributed by atoms with E-state index in [-0.39, 0.29) is 17.7 Å². The number of carbonyl (C=O) groups is 2. The van der Waals surface area contributed by atoms with Gasteiger partial charge in [0.25, 0.3) is 5.91 Å². The van der Waals surface area contributed by atoms with Crippen LogP contribution in [0.4, 0.5) is 5.69 Å². The van der Waals surface area contributed by atoms with E-state index < -0.39 is 0 Å². The lowest BCUT2D eigenvalue weighted by Gasteiger charge is -2.23. The van der Waals surface area contributed by atoms with E-state index in [2.05, 4.69) is 20.9 Å². The molecule has 26 heavy (non-hydrogen) atoms.